The largest absolute Gasteiger partial charge is 0.462 e. The Morgan fingerprint density at radius 3 is 0.769 bits per heavy atom. The Balaban J connectivity index is 3.69. The average molecular weight is 918 g/mol. The maximum absolute atomic E-state index is 12.6. The number of esters is 3. The summed E-state index contributed by atoms with van der Waals surface area (Å²) in [4.78, 5) is 37.4. The molecule has 0 aliphatic rings. The molecule has 0 aromatic heterocycles. The standard InChI is InChI=1S/C59H112O6/c1-4-7-10-13-16-17-18-19-20-21-22-23-24-25-26-27-28-29-30-31-32-33-34-35-36-37-38-39-40-41-42-43-44-47-49-52-58(61)64-55-56(65-59(62)53-50-46-15-12-9-6-3)54-63-57(60)51-48-45-14-11-8-5-2/h21-22,56H,4-20,23-55H2,1-3H3/b22-21-. The van der Waals surface area contributed by atoms with Crippen molar-refractivity contribution >= 4 is 17.9 Å². The van der Waals surface area contributed by atoms with E-state index >= 15 is 0 Å². The van der Waals surface area contributed by atoms with Crippen molar-refractivity contribution in [1.82, 2.24) is 0 Å². The monoisotopic (exact) mass is 917 g/mol. The Morgan fingerprint density at radius 2 is 0.508 bits per heavy atom. The van der Waals surface area contributed by atoms with Crippen LogP contribution in [0.4, 0.5) is 0 Å². The molecule has 0 heterocycles. The zero-order valence-corrected chi connectivity index (χ0v) is 44.0. The fraction of sp³-hybridized carbons (Fsp3) is 0.915. The summed E-state index contributed by atoms with van der Waals surface area (Å²) in [6.45, 7) is 6.55. The van der Waals surface area contributed by atoms with E-state index in [-0.39, 0.29) is 31.1 Å². The van der Waals surface area contributed by atoms with Crippen LogP contribution in [0.5, 0.6) is 0 Å². The van der Waals surface area contributed by atoms with Gasteiger partial charge in [0, 0.05) is 19.3 Å². The highest BCUT2D eigenvalue weighted by Gasteiger charge is 2.19. The highest BCUT2D eigenvalue weighted by atomic mass is 16.6. The molecule has 384 valence electrons. The molecule has 1 atom stereocenters. The quantitative estimate of drug-likeness (QED) is 0.0262. The summed E-state index contributed by atoms with van der Waals surface area (Å²) in [7, 11) is 0. The summed E-state index contributed by atoms with van der Waals surface area (Å²) in [5, 5.41) is 0. The van der Waals surface area contributed by atoms with Crippen LogP contribution in [-0.2, 0) is 28.6 Å². The van der Waals surface area contributed by atoms with Gasteiger partial charge in [0.25, 0.3) is 0 Å². The highest BCUT2D eigenvalue weighted by molar-refractivity contribution is 5.71. The SMILES string of the molecule is CCCCCCCCCC/C=C\CCCCCCCCCCCCCCCCCCCCCCCCCC(=O)OCC(COC(=O)CCCCCCCC)OC(=O)CCCCCCCC. The van der Waals surface area contributed by atoms with E-state index < -0.39 is 6.10 Å². The topological polar surface area (TPSA) is 78.9 Å². The average Bonchev–Trinajstić information content (AvgIpc) is 3.30. The lowest BCUT2D eigenvalue weighted by molar-refractivity contribution is -0.167. The third-order valence-electron chi connectivity index (χ3n) is 13.3. The van der Waals surface area contributed by atoms with Gasteiger partial charge in [0.2, 0.25) is 0 Å². The molecule has 6 nitrogen and oxygen atoms in total. The second-order valence-electron chi connectivity index (χ2n) is 19.9. The lowest BCUT2D eigenvalue weighted by Gasteiger charge is -2.18. The van der Waals surface area contributed by atoms with Crippen molar-refractivity contribution in [2.24, 2.45) is 0 Å². The van der Waals surface area contributed by atoms with Crippen molar-refractivity contribution in [1.29, 1.82) is 0 Å². The van der Waals surface area contributed by atoms with E-state index in [4.69, 9.17) is 14.2 Å². The molecule has 0 saturated carbocycles. The molecule has 0 aliphatic carbocycles. The molecule has 0 aromatic carbocycles. The van der Waals surface area contributed by atoms with Crippen molar-refractivity contribution in [2.75, 3.05) is 13.2 Å². The summed E-state index contributed by atoms with van der Waals surface area (Å²) in [6.07, 6.45) is 63.1. The normalized spacial score (nSPS) is 12.0. The number of rotatable bonds is 54. The molecule has 0 rings (SSSR count). The Hall–Kier alpha value is -1.85. The minimum absolute atomic E-state index is 0.0656. The van der Waals surface area contributed by atoms with Crippen LogP contribution in [0.3, 0.4) is 0 Å². The molecule has 0 N–H and O–H groups in total. The molecule has 0 radical (unpaired) electrons. The van der Waals surface area contributed by atoms with Gasteiger partial charge in [-0.25, -0.2) is 0 Å². The highest BCUT2D eigenvalue weighted by Crippen LogP contribution is 2.17. The van der Waals surface area contributed by atoms with Crippen LogP contribution in [0.25, 0.3) is 0 Å². The molecule has 0 amide bonds. The van der Waals surface area contributed by atoms with Crippen molar-refractivity contribution in [3.8, 4) is 0 Å². The molecule has 0 fully saturated rings. The van der Waals surface area contributed by atoms with E-state index in [0.29, 0.717) is 19.3 Å². The molecule has 1 unspecified atom stereocenters. The Morgan fingerprint density at radius 1 is 0.292 bits per heavy atom. The summed E-state index contributed by atoms with van der Waals surface area (Å²) >= 11 is 0. The molecule has 0 spiro atoms. The number of allylic oxidation sites excluding steroid dienone is 2. The van der Waals surface area contributed by atoms with E-state index in [1.165, 1.54) is 231 Å². The Bertz CT molecular complexity index is 1010. The maximum Gasteiger partial charge on any atom is 0.306 e. The number of carbonyl (C=O) groups excluding carboxylic acids is 3. The second kappa shape index (κ2) is 54.8. The number of unbranched alkanes of at least 4 members (excludes halogenated alkanes) is 41. The maximum atomic E-state index is 12.6. The fourth-order valence-electron chi connectivity index (χ4n) is 8.85. The van der Waals surface area contributed by atoms with Gasteiger partial charge >= 0.3 is 17.9 Å². The van der Waals surface area contributed by atoms with Crippen LogP contribution in [0, 0.1) is 0 Å². The minimum atomic E-state index is -0.758. The van der Waals surface area contributed by atoms with E-state index in [1.807, 2.05) is 0 Å². The summed E-state index contributed by atoms with van der Waals surface area (Å²) in [5.41, 5.74) is 0. The summed E-state index contributed by atoms with van der Waals surface area (Å²) in [6, 6.07) is 0. The van der Waals surface area contributed by atoms with Gasteiger partial charge in [-0.3, -0.25) is 14.4 Å². The zero-order valence-electron chi connectivity index (χ0n) is 44.0. The van der Waals surface area contributed by atoms with Crippen LogP contribution in [0.15, 0.2) is 12.2 Å². The Labute approximate surface area is 405 Å². The first kappa shape index (κ1) is 63.1. The Kier molecular flexibility index (Phi) is 53.2. The van der Waals surface area contributed by atoms with Crippen molar-refractivity contribution < 1.29 is 28.6 Å². The molecule has 0 aliphatic heterocycles. The zero-order chi connectivity index (χ0) is 47.2. The van der Waals surface area contributed by atoms with Gasteiger partial charge in [0.15, 0.2) is 6.10 Å². The lowest BCUT2D eigenvalue weighted by atomic mass is 10.0. The number of ether oxygens (including phenoxy) is 3. The smallest absolute Gasteiger partial charge is 0.306 e. The fourth-order valence-corrected chi connectivity index (χ4v) is 8.85. The predicted octanol–water partition coefficient (Wildman–Crippen LogP) is 19.3. The first-order chi connectivity index (χ1) is 32.0. The molecular weight excluding hydrogens is 805 g/mol. The number of hydrogen-bond donors (Lipinski definition) is 0. The van der Waals surface area contributed by atoms with Crippen molar-refractivity contribution in [3.63, 3.8) is 0 Å². The van der Waals surface area contributed by atoms with Crippen LogP contribution < -0.4 is 0 Å². The second-order valence-corrected chi connectivity index (χ2v) is 19.9. The summed E-state index contributed by atoms with van der Waals surface area (Å²) < 4.78 is 16.6. The molecule has 6 heteroatoms. The predicted molar refractivity (Wildman–Crippen MR) is 280 cm³/mol. The van der Waals surface area contributed by atoms with Crippen molar-refractivity contribution in [2.45, 2.75) is 335 Å². The molecule has 0 bridgehead atoms. The number of carbonyl (C=O) groups is 3. The number of hydrogen-bond acceptors (Lipinski definition) is 6. The lowest BCUT2D eigenvalue weighted by Crippen LogP contribution is -2.30. The van der Waals surface area contributed by atoms with Crippen LogP contribution in [0.1, 0.15) is 329 Å². The van der Waals surface area contributed by atoms with Gasteiger partial charge < -0.3 is 14.2 Å². The van der Waals surface area contributed by atoms with Crippen LogP contribution >= 0.6 is 0 Å². The molecular formula is C59H112O6. The van der Waals surface area contributed by atoms with Crippen LogP contribution in [-0.4, -0.2) is 37.2 Å². The van der Waals surface area contributed by atoms with E-state index in [0.717, 1.165) is 57.8 Å². The van der Waals surface area contributed by atoms with Gasteiger partial charge in [0.05, 0.1) is 0 Å². The van der Waals surface area contributed by atoms with E-state index in [2.05, 4.69) is 32.9 Å². The summed E-state index contributed by atoms with van der Waals surface area (Å²) in [5.74, 6) is -0.872. The molecule has 0 saturated heterocycles. The van der Waals surface area contributed by atoms with Gasteiger partial charge in [-0.1, -0.05) is 277 Å². The molecule has 0 aromatic rings. The van der Waals surface area contributed by atoms with Gasteiger partial charge in [-0.05, 0) is 44.9 Å². The van der Waals surface area contributed by atoms with E-state index in [1.54, 1.807) is 0 Å². The third-order valence-corrected chi connectivity index (χ3v) is 13.3. The van der Waals surface area contributed by atoms with Gasteiger partial charge in [-0.2, -0.15) is 0 Å². The van der Waals surface area contributed by atoms with E-state index in [9.17, 15) is 14.4 Å². The van der Waals surface area contributed by atoms with Gasteiger partial charge in [-0.15, -0.1) is 0 Å². The first-order valence-corrected chi connectivity index (χ1v) is 29.2. The molecule has 65 heavy (non-hydrogen) atoms. The third kappa shape index (κ3) is 53.0. The van der Waals surface area contributed by atoms with Crippen molar-refractivity contribution in [3.05, 3.63) is 12.2 Å². The first-order valence-electron chi connectivity index (χ1n) is 29.2. The van der Waals surface area contributed by atoms with Crippen LogP contribution in [0.2, 0.25) is 0 Å². The van der Waals surface area contributed by atoms with Gasteiger partial charge in [0.1, 0.15) is 13.2 Å². The minimum Gasteiger partial charge on any atom is -0.462 e.